The van der Waals surface area contributed by atoms with E-state index in [1.54, 1.807) is 55.5 Å². The predicted octanol–water partition coefficient (Wildman–Crippen LogP) is 4.36. The Kier molecular flexibility index (Phi) is 8.34. The molecule has 4 aromatic rings. The lowest BCUT2D eigenvalue weighted by molar-refractivity contribution is 0.0526. The number of aromatic nitrogens is 2. The number of nitrogens with one attached hydrogen (secondary N) is 2. The fraction of sp³-hybridized carbons (Fsp3) is 0.233. The van der Waals surface area contributed by atoms with E-state index in [4.69, 9.17) is 9.47 Å². The summed E-state index contributed by atoms with van der Waals surface area (Å²) in [6.45, 7) is 1.98. The monoisotopic (exact) mass is 588 g/mol. The van der Waals surface area contributed by atoms with Crippen molar-refractivity contribution in [2.75, 3.05) is 19.0 Å². The largest absolute Gasteiger partial charge is 0.495 e. The molecule has 0 aliphatic heterocycles. The number of nitrogens with zero attached hydrogens (tertiary/aromatic N) is 2. The van der Waals surface area contributed by atoms with Crippen molar-refractivity contribution in [2.24, 2.45) is 4.99 Å². The van der Waals surface area contributed by atoms with Crippen molar-refractivity contribution in [1.82, 2.24) is 9.55 Å². The molecule has 3 N–H and O–H groups in total. The quantitative estimate of drug-likeness (QED) is 0.204. The number of benzene rings is 2. The highest BCUT2D eigenvalue weighted by molar-refractivity contribution is 7.17. The van der Waals surface area contributed by atoms with Crippen LogP contribution in [0.5, 0.6) is 11.6 Å². The minimum absolute atomic E-state index is 0.237. The number of esters is 1. The number of hydrogen-bond acceptors (Lipinski definition) is 9. The van der Waals surface area contributed by atoms with Crippen molar-refractivity contribution in [2.45, 2.75) is 32.6 Å². The second kappa shape index (κ2) is 12.3. The molecule has 0 unspecified atom stereocenters. The van der Waals surface area contributed by atoms with E-state index in [0.29, 0.717) is 27.6 Å². The Labute approximate surface area is 244 Å². The Morgan fingerprint density at radius 3 is 2.60 bits per heavy atom. The maximum Gasteiger partial charge on any atom is 0.341 e. The number of aromatic hydroxyl groups is 1. The molecular weight excluding hydrogens is 560 g/mol. The van der Waals surface area contributed by atoms with Crippen LogP contribution in [-0.4, -0.2) is 46.5 Å². The molecule has 12 heteroatoms. The Bertz CT molecular complexity index is 1800. The van der Waals surface area contributed by atoms with Crippen LogP contribution in [-0.2, 0) is 17.6 Å². The molecule has 5 rings (SSSR count). The van der Waals surface area contributed by atoms with Crippen LogP contribution in [0, 0.1) is 0 Å². The van der Waals surface area contributed by atoms with Gasteiger partial charge in [-0.25, -0.2) is 14.2 Å². The highest BCUT2D eigenvalue weighted by Crippen LogP contribution is 2.39. The lowest BCUT2D eigenvalue weighted by Crippen LogP contribution is -2.31. The smallest absolute Gasteiger partial charge is 0.341 e. The number of aromatic amines is 1. The maximum absolute atomic E-state index is 13.1. The standard InChI is InChI=1S/C30H28N4O7S/c1-3-41-29(38)24-19-8-4-7-11-23(19)42-27(24)32-25(35)17-12-14-18(15-13-17)31-16-20-26(36)33-30(39)34(28(20)37)21-9-5-6-10-22(21)40-2/h5-6,9-10,12-16,37H,3-4,7-8,11H2,1-2H3,(H,32,35)(H,33,36,39). The number of H-pyrrole nitrogens is 1. The average Bonchev–Trinajstić information content (AvgIpc) is 3.35. The van der Waals surface area contributed by atoms with Gasteiger partial charge in [0.15, 0.2) is 0 Å². The van der Waals surface area contributed by atoms with Gasteiger partial charge >= 0.3 is 11.7 Å². The van der Waals surface area contributed by atoms with Crippen LogP contribution in [0.4, 0.5) is 10.7 Å². The second-order valence-electron chi connectivity index (χ2n) is 9.40. The van der Waals surface area contributed by atoms with Gasteiger partial charge in [-0.3, -0.25) is 19.6 Å². The highest BCUT2D eigenvalue weighted by atomic mass is 32.1. The summed E-state index contributed by atoms with van der Waals surface area (Å²) in [7, 11) is 1.42. The van der Waals surface area contributed by atoms with Crippen molar-refractivity contribution in [3.8, 4) is 17.3 Å². The molecule has 0 spiro atoms. The number of methoxy groups -OCH3 is 1. The number of rotatable bonds is 8. The van der Waals surface area contributed by atoms with Crippen molar-refractivity contribution < 1.29 is 24.2 Å². The summed E-state index contributed by atoms with van der Waals surface area (Å²) in [4.78, 5) is 58.3. The Morgan fingerprint density at radius 1 is 1.12 bits per heavy atom. The number of carbonyl (C=O) groups is 2. The van der Waals surface area contributed by atoms with Crippen LogP contribution in [0.1, 0.15) is 56.5 Å². The molecule has 0 saturated carbocycles. The summed E-state index contributed by atoms with van der Waals surface area (Å²) in [6, 6.07) is 12.8. The summed E-state index contributed by atoms with van der Waals surface area (Å²) < 4.78 is 11.5. The molecule has 0 bridgehead atoms. The topological polar surface area (TPSA) is 152 Å². The molecule has 0 fully saturated rings. The van der Waals surface area contributed by atoms with Crippen LogP contribution in [0.2, 0.25) is 0 Å². The number of fused-ring (bicyclic) bond motifs is 1. The van der Waals surface area contributed by atoms with Gasteiger partial charge in [0.25, 0.3) is 11.5 Å². The molecule has 0 saturated heterocycles. The Balaban J connectivity index is 1.38. The molecule has 0 atom stereocenters. The van der Waals surface area contributed by atoms with E-state index in [0.717, 1.165) is 46.9 Å². The molecule has 2 heterocycles. The van der Waals surface area contributed by atoms with Gasteiger partial charge in [0, 0.05) is 16.7 Å². The fourth-order valence-electron chi connectivity index (χ4n) is 4.78. The number of ether oxygens (including phenoxy) is 2. The summed E-state index contributed by atoms with van der Waals surface area (Å²) in [6.07, 6.45) is 4.80. The van der Waals surface area contributed by atoms with Crippen LogP contribution in [0.15, 0.2) is 63.1 Å². The zero-order chi connectivity index (χ0) is 29.8. The van der Waals surface area contributed by atoms with E-state index < -0.39 is 29.0 Å². The molecule has 2 aromatic carbocycles. The number of carbonyl (C=O) groups excluding carboxylic acids is 2. The lowest BCUT2D eigenvalue weighted by atomic mass is 9.95. The molecule has 1 aliphatic carbocycles. The van der Waals surface area contributed by atoms with Gasteiger partial charge in [-0.1, -0.05) is 12.1 Å². The van der Waals surface area contributed by atoms with E-state index in [1.807, 2.05) is 0 Å². The zero-order valence-electron chi connectivity index (χ0n) is 22.9. The normalized spacial score (nSPS) is 12.6. The molecular formula is C30H28N4O7S. The average molecular weight is 589 g/mol. The number of amides is 1. The number of aryl methyl sites for hydroxylation is 1. The maximum atomic E-state index is 13.1. The zero-order valence-corrected chi connectivity index (χ0v) is 23.7. The third-order valence-corrected chi connectivity index (χ3v) is 8.00. The molecule has 216 valence electrons. The number of anilines is 1. The van der Waals surface area contributed by atoms with Crippen LogP contribution < -0.4 is 21.3 Å². The summed E-state index contributed by atoms with van der Waals surface area (Å²) in [5, 5.41) is 14.2. The minimum atomic E-state index is -0.841. The Hall–Kier alpha value is -4.97. The summed E-state index contributed by atoms with van der Waals surface area (Å²) in [5.41, 5.74) is 0.453. The minimum Gasteiger partial charge on any atom is -0.495 e. The molecule has 2 aromatic heterocycles. The first-order chi connectivity index (χ1) is 20.3. The molecule has 42 heavy (non-hydrogen) atoms. The van der Waals surface area contributed by atoms with Crippen LogP contribution >= 0.6 is 11.3 Å². The third kappa shape index (κ3) is 5.61. The second-order valence-corrected chi connectivity index (χ2v) is 10.5. The molecule has 11 nitrogen and oxygen atoms in total. The fourth-order valence-corrected chi connectivity index (χ4v) is 6.05. The number of aliphatic imine (C=N–C) groups is 1. The molecule has 1 amide bonds. The van der Waals surface area contributed by atoms with Crippen molar-refractivity contribution in [1.29, 1.82) is 0 Å². The molecule has 0 radical (unpaired) electrons. The van der Waals surface area contributed by atoms with Gasteiger partial charge in [0.2, 0.25) is 5.88 Å². The first-order valence-electron chi connectivity index (χ1n) is 13.3. The van der Waals surface area contributed by atoms with E-state index in [9.17, 15) is 24.3 Å². The highest BCUT2D eigenvalue weighted by Gasteiger charge is 2.27. The Morgan fingerprint density at radius 2 is 1.86 bits per heavy atom. The summed E-state index contributed by atoms with van der Waals surface area (Å²) in [5.74, 6) is -1.13. The van der Waals surface area contributed by atoms with E-state index in [-0.39, 0.29) is 17.9 Å². The van der Waals surface area contributed by atoms with Gasteiger partial charge in [0.05, 0.1) is 30.7 Å². The van der Waals surface area contributed by atoms with Gasteiger partial charge in [-0.15, -0.1) is 11.3 Å². The lowest BCUT2D eigenvalue weighted by Gasteiger charge is -2.12. The summed E-state index contributed by atoms with van der Waals surface area (Å²) >= 11 is 1.41. The van der Waals surface area contributed by atoms with E-state index >= 15 is 0 Å². The van der Waals surface area contributed by atoms with E-state index in [1.165, 1.54) is 18.4 Å². The predicted molar refractivity (Wildman–Crippen MR) is 159 cm³/mol. The van der Waals surface area contributed by atoms with Gasteiger partial charge < -0.3 is 19.9 Å². The van der Waals surface area contributed by atoms with Gasteiger partial charge in [0.1, 0.15) is 16.3 Å². The number of hydrogen-bond donors (Lipinski definition) is 3. The molecule has 1 aliphatic rings. The number of thiophene rings is 1. The third-order valence-electron chi connectivity index (χ3n) is 6.80. The van der Waals surface area contributed by atoms with Crippen LogP contribution in [0.25, 0.3) is 5.69 Å². The SMILES string of the molecule is CCOC(=O)c1c(NC(=O)c2ccc(N=Cc3c(O)n(-c4ccccc4OC)c(=O)[nH]c3=O)cc2)sc2c1CCCC2. The van der Waals surface area contributed by atoms with Gasteiger partial charge in [-0.2, -0.15) is 0 Å². The van der Waals surface area contributed by atoms with Crippen molar-refractivity contribution >= 4 is 40.1 Å². The van der Waals surface area contributed by atoms with Gasteiger partial charge in [-0.05, 0) is 74.6 Å². The first kappa shape index (κ1) is 28.6. The van der Waals surface area contributed by atoms with Crippen molar-refractivity contribution in [3.05, 3.63) is 96.5 Å². The van der Waals surface area contributed by atoms with Crippen molar-refractivity contribution in [3.63, 3.8) is 0 Å². The van der Waals surface area contributed by atoms with E-state index in [2.05, 4.69) is 15.3 Å². The first-order valence-corrected chi connectivity index (χ1v) is 14.1. The number of para-hydroxylation sites is 2. The van der Waals surface area contributed by atoms with Crippen LogP contribution in [0.3, 0.4) is 0 Å².